The molecule has 0 amide bonds. The molecule has 0 aliphatic carbocycles. The first-order valence-corrected chi connectivity index (χ1v) is 10.6. The monoisotopic (exact) mass is 503 g/mol. The van der Waals surface area contributed by atoms with Crippen molar-refractivity contribution in [2.24, 2.45) is 10.4 Å². The van der Waals surface area contributed by atoms with Crippen LogP contribution >= 0.6 is 24.0 Å². The minimum absolute atomic E-state index is 0. The van der Waals surface area contributed by atoms with Gasteiger partial charge in [0, 0.05) is 44.7 Å². The minimum Gasteiger partial charge on any atom is -0.469 e. The molecule has 0 bridgehead atoms. The fourth-order valence-corrected chi connectivity index (χ4v) is 4.62. The van der Waals surface area contributed by atoms with Crippen molar-refractivity contribution in [3.8, 4) is 0 Å². The second-order valence-corrected chi connectivity index (χ2v) is 8.24. The van der Waals surface area contributed by atoms with Crippen LogP contribution in [0, 0.1) is 5.41 Å². The number of ether oxygens (including phenoxy) is 2. The lowest BCUT2D eigenvalue weighted by Crippen LogP contribution is -2.53. The predicted octanol–water partition coefficient (Wildman–Crippen LogP) is 3.46. The van der Waals surface area contributed by atoms with Crippen molar-refractivity contribution in [3.63, 3.8) is 0 Å². The molecule has 28 heavy (non-hydrogen) atoms. The summed E-state index contributed by atoms with van der Waals surface area (Å²) in [6.07, 6.45) is 10.1. The molecular formula is C21H34IN3O3. The van der Waals surface area contributed by atoms with Crippen molar-refractivity contribution in [2.75, 3.05) is 46.0 Å². The van der Waals surface area contributed by atoms with Gasteiger partial charge < -0.3 is 24.1 Å². The molecule has 3 aliphatic rings. The lowest BCUT2D eigenvalue weighted by atomic mass is 9.76. The number of nitrogens with zero attached hydrogens (tertiary/aromatic N) is 2. The van der Waals surface area contributed by atoms with Crippen LogP contribution in [0.25, 0.3) is 0 Å². The summed E-state index contributed by atoms with van der Waals surface area (Å²) in [5.41, 5.74) is 0.309. The largest absolute Gasteiger partial charge is 0.469 e. The third kappa shape index (κ3) is 5.86. The Bertz CT molecular complexity index is 591. The molecule has 6 nitrogen and oxygen atoms in total. The Hall–Kier alpha value is -0.800. The minimum atomic E-state index is 0. The van der Waals surface area contributed by atoms with Gasteiger partial charge in [0.05, 0.1) is 25.5 Å². The van der Waals surface area contributed by atoms with Gasteiger partial charge in [0.1, 0.15) is 5.76 Å². The Kier molecular flexibility index (Phi) is 8.47. The molecule has 1 aromatic heterocycles. The number of piperidine rings is 1. The summed E-state index contributed by atoms with van der Waals surface area (Å²) < 4.78 is 17.1. The van der Waals surface area contributed by atoms with E-state index < -0.39 is 0 Å². The highest BCUT2D eigenvalue weighted by molar-refractivity contribution is 14.0. The Morgan fingerprint density at radius 1 is 1.25 bits per heavy atom. The van der Waals surface area contributed by atoms with Crippen LogP contribution in [0.4, 0.5) is 0 Å². The SMILES string of the molecule is I.c1coc(CCNC(=NCC2CCCO2)N2CCCC3(CCCOC3)C2)c1. The maximum absolute atomic E-state index is 5.84. The highest BCUT2D eigenvalue weighted by atomic mass is 127. The van der Waals surface area contributed by atoms with E-state index in [-0.39, 0.29) is 30.1 Å². The number of nitrogens with one attached hydrogen (secondary N) is 1. The third-order valence-electron chi connectivity index (χ3n) is 6.07. The van der Waals surface area contributed by atoms with Gasteiger partial charge in [-0.05, 0) is 50.7 Å². The summed E-state index contributed by atoms with van der Waals surface area (Å²) in [5, 5.41) is 3.59. The van der Waals surface area contributed by atoms with E-state index in [4.69, 9.17) is 18.9 Å². The van der Waals surface area contributed by atoms with Gasteiger partial charge >= 0.3 is 0 Å². The molecule has 1 aromatic rings. The average molecular weight is 503 g/mol. The van der Waals surface area contributed by atoms with Crippen LogP contribution in [0.3, 0.4) is 0 Å². The lowest BCUT2D eigenvalue weighted by molar-refractivity contribution is -0.0371. The second kappa shape index (κ2) is 10.8. The molecule has 2 unspecified atom stereocenters. The molecule has 0 radical (unpaired) electrons. The molecule has 1 spiro atoms. The molecule has 0 aromatic carbocycles. The van der Waals surface area contributed by atoms with Crippen LogP contribution in [-0.4, -0.2) is 63.0 Å². The molecule has 4 heterocycles. The van der Waals surface area contributed by atoms with Gasteiger partial charge in [-0.25, -0.2) is 0 Å². The Morgan fingerprint density at radius 3 is 2.93 bits per heavy atom. The van der Waals surface area contributed by atoms with Gasteiger partial charge in [0.15, 0.2) is 5.96 Å². The Labute approximate surface area is 185 Å². The summed E-state index contributed by atoms with van der Waals surface area (Å²) in [7, 11) is 0. The number of furan rings is 1. The van der Waals surface area contributed by atoms with Gasteiger partial charge in [-0.15, -0.1) is 24.0 Å². The zero-order valence-corrected chi connectivity index (χ0v) is 19.1. The number of hydrogen-bond acceptors (Lipinski definition) is 4. The molecular weight excluding hydrogens is 469 g/mol. The predicted molar refractivity (Wildman–Crippen MR) is 120 cm³/mol. The Morgan fingerprint density at radius 2 is 2.18 bits per heavy atom. The fraction of sp³-hybridized carbons (Fsp3) is 0.762. The van der Waals surface area contributed by atoms with Crippen LogP contribution in [-0.2, 0) is 15.9 Å². The van der Waals surface area contributed by atoms with Crippen molar-refractivity contribution in [2.45, 2.75) is 51.0 Å². The molecule has 1 N–H and O–H groups in total. The summed E-state index contributed by atoms with van der Waals surface area (Å²) in [6.45, 7) is 6.40. The van der Waals surface area contributed by atoms with Gasteiger partial charge in [0.2, 0.25) is 0 Å². The van der Waals surface area contributed by atoms with Gasteiger partial charge in [-0.3, -0.25) is 4.99 Å². The molecule has 7 heteroatoms. The number of aliphatic imine (C=N–C) groups is 1. The average Bonchev–Trinajstić information content (AvgIpc) is 3.39. The van der Waals surface area contributed by atoms with E-state index in [9.17, 15) is 0 Å². The van der Waals surface area contributed by atoms with Crippen LogP contribution in [0.5, 0.6) is 0 Å². The van der Waals surface area contributed by atoms with E-state index in [0.29, 0.717) is 5.41 Å². The van der Waals surface area contributed by atoms with Crippen LogP contribution in [0.2, 0.25) is 0 Å². The maximum Gasteiger partial charge on any atom is 0.194 e. The summed E-state index contributed by atoms with van der Waals surface area (Å²) in [4.78, 5) is 7.41. The van der Waals surface area contributed by atoms with Crippen molar-refractivity contribution in [1.82, 2.24) is 10.2 Å². The van der Waals surface area contributed by atoms with Crippen molar-refractivity contribution < 1.29 is 13.9 Å². The van der Waals surface area contributed by atoms with E-state index in [1.165, 1.54) is 25.7 Å². The fourth-order valence-electron chi connectivity index (χ4n) is 4.62. The third-order valence-corrected chi connectivity index (χ3v) is 6.07. The number of rotatable bonds is 5. The first-order chi connectivity index (χ1) is 13.3. The van der Waals surface area contributed by atoms with Crippen LogP contribution in [0.15, 0.2) is 27.8 Å². The number of hydrogen-bond donors (Lipinski definition) is 1. The number of guanidine groups is 1. The molecule has 0 saturated carbocycles. The number of halogens is 1. The van der Waals surface area contributed by atoms with Crippen LogP contribution in [0.1, 0.15) is 44.3 Å². The van der Waals surface area contributed by atoms with Crippen LogP contribution < -0.4 is 5.32 Å². The van der Waals surface area contributed by atoms with Gasteiger partial charge in [-0.1, -0.05) is 0 Å². The molecule has 3 aliphatic heterocycles. The van der Waals surface area contributed by atoms with Crippen molar-refractivity contribution in [1.29, 1.82) is 0 Å². The highest BCUT2D eigenvalue weighted by Gasteiger charge is 2.38. The van der Waals surface area contributed by atoms with E-state index in [2.05, 4.69) is 10.2 Å². The lowest BCUT2D eigenvalue weighted by Gasteiger charge is -2.45. The standard InChI is InChI=1S/C21H33N3O3.HI/c1-5-18(26-13-1)7-10-22-20(23-15-19-6-2-14-27-19)24-11-3-8-21(16-24)9-4-12-25-17-21;/h1,5,13,19H,2-4,6-12,14-17H2,(H,22,23);1H. The van der Waals surface area contributed by atoms with Gasteiger partial charge in [0.25, 0.3) is 0 Å². The molecule has 158 valence electrons. The quantitative estimate of drug-likeness (QED) is 0.379. The molecule has 3 saturated heterocycles. The van der Waals surface area contributed by atoms with E-state index in [1.807, 2.05) is 12.1 Å². The zero-order chi connectivity index (χ0) is 18.4. The van der Waals surface area contributed by atoms with E-state index >= 15 is 0 Å². The molecule has 2 atom stereocenters. The number of likely N-dealkylation sites (tertiary alicyclic amines) is 1. The first kappa shape index (κ1) is 21.9. The Balaban J connectivity index is 0.00000225. The normalized spacial score (nSPS) is 28.4. The zero-order valence-electron chi connectivity index (χ0n) is 16.7. The van der Waals surface area contributed by atoms with Crippen molar-refractivity contribution >= 4 is 29.9 Å². The summed E-state index contributed by atoms with van der Waals surface area (Å²) in [6, 6.07) is 3.97. The topological polar surface area (TPSA) is 59.2 Å². The second-order valence-electron chi connectivity index (χ2n) is 8.24. The van der Waals surface area contributed by atoms with Crippen molar-refractivity contribution in [3.05, 3.63) is 24.2 Å². The first-order valence-electron chi connectivity index (χ1n) is 10.6. The van der Waals surface area contributed by atoms with Gasteiger partial charge in [-0.2, -0.15) is 0 Å². The molecule has 4 rings (SSSR count). The highest BCUT2D eigenvalue weighted by Crippen LogP contribution is 2.37. The summed E-state index contributed by atoms with van der Waals surface area (Å²) in [5.74, 6) is 2.04. The maximum atomic E-state index is 5.84. The smallest absolute Gasteiger partial charge is 0.194 e. The molecule has 3 fully saturated rings. The van der Waals surface area contributed by atoms with E-state index in [0.717, 1.165) is 77.0 Å². The summed E-state index contributed by atoms with van der Waals surface area (Å²) >= 11 is 0. The van der Waals surface area contributed by atoms with E-state index in [1.54, 1.807) is 6.26 Å².